The zero-order valence-electron chi connectivity index (χ0n) is 11.6. The summed E-state index contributed by atoms with van der Waals surface area (Å²) in [7, 11) is 0. The van der Waals surface area contributed by atoms with Gasteiger partial charge in [0.15, 0.2) is 0 Å². The van der Waals surface area contributed by atoms with Crippen LogP contribution in [0.1, 0.15) is 29.8 Å². The monoisotopic (exact) mass is 325 g/mol. The van der Waals surface area contributed by atoms with Crippen molar-refractivity contribution in [2.75, 3.05) is 0 Å². The van der Waals surface area contributed by atoms with Crippen LogP contribution in [0.4, 0.5) is 4.39 Å². The van der Waals surface area contributed by atoms with Gasteiger partial charge in [0.25, 0.3) is 5.91 Å². The predicted octanol–water partition coefficient (Wildman–Crippen LogP) is 4.80. The number of carbonyl (C=O) groups excluding carboxylic acids is 1. The molecule has 0 aliphatic carbocycles. The molecule has 0 saturated carbocycles. The lowest BCUT2D eigenvalue weighted by Crippen LogP contribution is -2.41. The largest absolute Gasteiger partial charge is 0.343 e. The van der Waals surface area contributed by atoms with E-state index in [9.17, 15) is 9.18 Å². The maximum Gasteiger partial charge on any atom is 0.253 e. The average Bonchev–Trinajstić information content (AvgIpc) is 2.37. The average molecular weight is 326 g/mol. The zero-order valence-corrected chi connectivity index (χ0v) is 13.1. The van der Waals surface area contributed by atoms with Gasteiger partial charge < -0.3 is 5.32 Å². The van der Waals surface area contributed by atoms with E-state index in [-0.39, 0.29) is 10.9 Å². The van der Waals surface area contributed by atoms with Crippen LogP contribution in [0.5, 0.6) is 0 Å². The molecule has 2 rings (SSSR count). The van der Waals surface area contributed by atoms with E-state index in [0.717, 1.165) is 0 Å². The number of amides is 1. The maximum absolute atomic E-state index is 13.1. The van der Waals surface area contributed by atoms with Crippen LogP contribution in [-0.2, 0) is 5.54 Å². The van der Waals surface area contributed by atoms with Crippen LogP contribution >= 0.6 is 23.2 Å². The Hall–Kier alpha value is -1.58. The van der Waals surface area contributed by atoms with Gasteiger partial charge >= 0.3 is 0 Å². The number of rotatable bonds is 3. The number of hydrogen-bond donors (Lipinski definition) is 1. The van der Waals surface area contributed by atoms with Crippen LogP contribution in [0, 0.1) is 5.82 Å². The Labute approximate surface area is 132 Å². The van der Waals surface area contributed by atoms with Crippen molar-refractivity contribution in [3.05, 3.63) is 69.5 Å². The van der Waals surface area contributed by atoms with Crippen LogP contribution in [0.2, 0.25) is 10.0 Å². The minimum absolute atomic E-state index is 0.263. The van der Waals surface area contributed by atoms with E-state index < -0.39 is 11.4 Å². The van der Waals surface area contributed by atoms with Crippen molar-refractivity contribution in [2.45, 2.75) is 19.4 Å². The molecule has 0 bridgehead atoms. The summed E-state index contributed by atoms with van der Waals surface area (Å²) in [6.45, 7) is 3.59. The highest BCUT2D eigenvalue weighted by atomic mass is 35.5. The molecule has 2 aromatic rings. The fourth-order valence-electron chi connectivity index (χ4n) is 2.06. The highest BCUT2D eigenvalue weighted by Gasteiger charge is 2.26. The van der Waals surface area contributed by atoms with Crippen LogP contribution in [-0.4, -0.2) is 5.91 Å². The van der Waals surface area contributed by atoms with Gasteiger partial charge in [0.2, 0.25) is 0 Å². The molecule has 0 aliphatic heterocycles. The van der Waals surface area contributed by atoms with Crippen molar-refractivity contribution in [1.82, 2.24) is 5.32 Å². The molecular formula is C16H14Cl2FNO. The Bertz CT molecular complexity index is 686. The molecule has 0 saturated heterocycles. The van der Waals surface area contributed by atoms with Crippen LogP contribution in [0.15, 0.2) is 42.5 Å². The highest BCUT2D eigenvalue weighted by Crippen LogP contribution is 2.29. The first kappa shape index (κ1) is 15.8. The molecule has 0 aliphatic rings. The minimum atomic E-state index is -0.763. The molecule has 0 aromatic heterocycles. The summed E-state index contributed by atoms with van der Waals surface area (Å²) in [5, 5.41) is 3.49. The lowest BCUT2D eigenvalue weighted by Gasteiger charge is -2.28. The number of benzene rings is 2. The molecule has 0 atom stereocenters. The van der Waals surface area contributed by atoms with E-state index in [0.29, 0.717) is 16.1 Å². The third kappa shape index (κ3) is 3.55. The molecule has 0 fully saturated rings. The fourth-order valence-corrected chi connectivity index (χ4v) is 2.69. The molecule has 2 aromatic carbocycles. The van der Waals surface area contributed by atoms with E-state index in [2.05, 4.69) is 5.32 Å². The predicted molar refractivity (Wildman–Crippen MR) is 83.4 cm³/mol. The van der Waals surface area contributed by atoms with Crippen molar-refractivity contribution >= 4 is 29.1 Å². The van der Waals surface area contributed by atoms with Gasteiger partial charge in [-0.3, -0.25) is 4.79 Å². The van der Waals surface area contributed by atoms with E-state index in [1.54, 1.807) is 44.2 Å². The number of nitrogens with one attached hydrogen (secondary N) is 1. The third-order valence-corrected chi connectivity index (χ3v) is 3.79. The summed E-state index contributed by atoms with van der Waals surface area (Å²) in [4.78, 5) is 12.3. The zero-order chi connectivity index (χ0) is 15.6. The maximum atomic E-state index is 13.1. The highest BCUT2D eigenvalue weighted by molar-refractivity contribution is 6.34. The van der Waals surface area contributed by atoms with Gasteiger partial charge in [-0.05, 0) is 43.7 Å². The standard InChI is InChI=1S/C16H14Cl2FNO/c1-16(2,12-8-7-10(19)9-14(12)18)20-15(21)11-5-3-4-6-13(11)17/h3-9H,1-2H3,(H,20,21). The molecule has 0 unspecified atom stereocenters. The number of carbonyl (C=O) groups is 1. The van der Waals surface area contributed by atoms with Crippen molar-refractivity contribution < 1.29 is 9.18 Å². The SMILES string of the molecule is CC(C)(NC(=O)c1ccccc1Cl)c1ccc(F)cc1Cl. The van der Waals surface area contributed by atoms with E-state index in [4.69, 9.17) is 23.2 Å². The topological polar surface area (TPSA) is 29.1 Å². The molecule has 1 amide bonds. The van der Waals surface area contributed by atoms with Crippen molar-refractivity contribution in [1.29, 1.82) is 0 Å². The molecular weight excluding hydrogens is 312 g/mol. The van der Waals surface area contributed by atoms with Crippen LogP contribution < -0.4 is 5.32 Å². The number of halogens is 3. The van der Waals surface area contributed by atoms with Gasteiger partial charge in [0.1, 0.15) is 5.82 Å². The van der Waals surface area contributed by atoms with E-state index in [1.165, 1.54) is 12.1 Å². The Kier molecular flexibility index (Phi) is 4.55. The second kappa shape index (κ2) is 6.04. The lowest BCUT2D eigenvalue weighted by atomic mass is 9.93. The quantitative estimate of drug-likeness (QED) is 0.863. The van der Waals surface area contributed by atoms with Gasteiger partial charge in [-0.2, -0.15) is 0 Å². The van der Waals surface area contributed by atoms with Gasteiger partial charge in [-0.1, -0.05) is 41.4 Å². The lowest BCUT2D eigenvalue weighted by molar-refractivity contribution is 0.0912. The second-order valence-corrected chi connectivity index (χ2v) is 6.00. The van der Waals surface area contributed by atoms with E-state index in [1.807, 2.05) is 0 Å². The smallest absolute Gasteiger partial charge is 0.253 e. The van der Waals surface area contributed by atoms with Crippen molar-refractivity contribution in [3.8, 4) is 0 Å². The van der Waals surface area contributed by atoms with E-state index >= 15 is 0 Å². The van der Waals surface area contributed by atoms with Crippen molar-refractivity contribution in [2.24, 2.45) is 0 Å². The Morgan fingerprint density at radius 2 is 1.76 bits per heavy atom. The summed E-state index contributed by atoms with van der Waals surface area (Å²) in [6.07, 6.45) is 0. The molecule has 5 heteroatoms. The Balaban J connectivity index is 2.29. The molecule has 0 heterocycles. The normalized spacial score (nSPS) is 11.3. The van der Waals surface area contributed by atoms with Crippen LogP contribution in [0.3, 0.4) is 0 Å². The van der Waals surface area contributed by atoms with Gasteiger partial charge in [0, 0.05) is 5.02 Å². The first-order valence-corrected chi connectivity index (χ1v) is 7.09. The summed E-state index contributed by atoms with van der Waals surface area (Å²) >= 11 is 12.1. The molecule has 0 spiro atoms. The minimum Gasteiger partial charge on any atom is -0.343 e. The molecule has 1 N–H and O–H groups in total. The molecule has 21 heavy (non-hydrogen) atoms. The molecule has 110 valence electrons. The summed E-state index contributed by atoms with van der Waals surface area (Å²) in [5.74, 6) is -0.733. The van der Waals surface area contributed by atoms with Crippen LogP contribution in [0.25, 0.3) is 0 Å². The first-order valence-electron chi connectivity index (χ1n) is 6.34. The van der Waals surface area contributed by atoms with Gasteiger partial charge in [0.05, 0.1) is 16.1 Å². The third-order valence-electron chi connectivity index (χ3n) is 3.15. The Morgan fingerprint density at radius 1 is 1.10 bits per heavy atom. The van der Waals surface area contributed by atoms with Crippen molar-refractivity contribution in [3.63, 3.8) is 0 Å². The Morgan fingerprint density at radius 3 is 2.38 bits per heavy atom. The molecule has 0 radical (unpaired) electrons. The summed E-state index contributed by atoms with van der Waals surface area (Å²) in [5.41, 5.74) is 0.248. The number of hydrogen-bond acceptors (Lipinski definition) is 1. The van der Waals surface area contributed by atoms with Gasteiger partial charge in [-0.25, -0.2) is 4.39 Å². The van der Waals surface area contributed by atoms with Gasteiger partial charge in [-0.15, -0.1) is 0 Å². The molecule has 2 nitrogen and oxygen atoms in total. The summed E-state index contributed by atoms with van der Waals surface area (Å²) in [6, 6.07) is 10.9. The second-order valence-electron chi connectivity index (χ2n) is 5.18. The fraction of sp³-hybridized carbons (Fsp3) is 0.188. The summed E-state index contributed by atoms with van der Waals surface area (Å²) < 4.78 is 13.1. The first-order chi connectivity index (χ1) is 9.81.